The molecule has 0 aliphatic carbocycles. The predicted octanol–water partition coefficient (Wildman–Crippen LogP) is 6.85. The summed E-state index contributed by atoms with van der Waals surface area (Å²) in [6.07, 6.45) is 1.80. The monoisotopic (exact) mass is 434 g/mol. The van der Waals surface area contributed by atoms with Gasteiger partial charge in [-0.1, -0.05) is 83.9 Å². The number of hydrogen-bond acceptors (Lipinski definition) is 3. The van der Waals surface area contributed by atoms with Crippen LogP contribution in [0.1, 0.15) is 16.7 Å². The third kappa shape index (κ3) is 4.93. The van der Waals surface area contributed by atoms with Gasteiger partial charge in [-0.15, -0.1) is 0 Å². The molecule has 3 nitrogen and oxygen atoms in total. The lowest BCUT2D eigenvalue weighted by atomic mass is 10.0. The van der Waals surface area contributed by atoms with Crippen molar-refractivity contribution in [2.24, 2.45) is 5.10 Å². The van der Waals surface area contributed by atoms with Gasteiger partial charge in [0.05, 0.1) is 12.8 Å². The van der Waals surface area contributed by atoms with Gasteiger partial charge in [0.15, 0.2) is 0 Å². The van der Waals surface area contributed by atoms with Gasteiger partial charge in [0.2, 0.25) is 0 Å². The molecule has 0 atom stereocenters. The fourth-order valence-electron chi connectivity index (χ4n) is 3.21. The smallest absolute Gasteiger partial charge is 0.129 e. The third-order valence-corrected chi connectivity index (χ3v) is 5.33. The van der Waals surface area contributed by atoms with E-state index in [1.54, 1.807) is 6.21 Å². The topological polar surface area (TPSA) is 33.6 Å². The first-order valence-electron chi connectivity index (χ1n) is 9.59. The van der Waals surface area contributed by atoms with Crippen molar-refractivity contribution in [2.45, 2.75) is 13.2 Å². The molecule has 5 heteroatoms. The van der Waals surface area contributed by atoms with Crippen molar-refractivity contribution in [1.82, 2.24) is 5.43 Å². The van der Waals surface area contributed by atoms with Gasteiger partial charge in [0.1, 0.15) is 12.4 Å². The highest BCUT2D eigenvalue weighted by Crippen LogP contribution is 2.27. The molecular formula is C25H20Cl2N2O. The number of fused-ring (bicyclic) bond motifs is 1. The van der Waals surface area contributed by atoms with Gasteiger partial charge < -0.3 is 10.2 Å². The number of nitrogens with one attached hydrogen (secondary N) is 1. The number of nitrogens with zero attached hydrogens (tertiary/aromatic N) is 1. The number of hydrogen-bond donors (Lipinski definition) is 1. The molecule has 0 aliphatic heterocycles. The highest BCUT2D eigenvalue weighted by Gasteiger charge is 2.08. The molecule has 0 unspecified atom stereocenters. The summed E-state index contributed by atoms with van der Waals surface area (Å²) in [5.41, 5.74) is 6.00. The maximum absolute atomic E-state index is 6.21. The van der Waals surface area contributed by atoms with Gasteiger partial charge in [-0.3, -0.25) is 0 Å². The van der Waals surface area contributed by atoms with Crippen LogP contribution in [0, 0.1) is 0 Å². The van der Waals surface area contributed by atoms with E-state index < -0.39 is 0 Å². The second-order valence-corrected chi connectivity index (χ2v) is 7.65. The van der Waals surface area contributed by atoms with Crippen LogP contribution in [0.3, 0.4) is 0 Å². The first-order valence-corrected chi connectivity index (χ1v) is 10.3. The molecular weight excluding hydrogens is 415 g/mol. The summed E-state index contributed by atoms with van der Waals surface area (Å²) in [4.78, 5) is 0. The Morgan fingerprint density at radius 3 is 2.57 bits per heavy atom. The molecule has 4 rings (SSSR count). The number of hydrazone groups is 1. The molecule has 0 amide bonds. The minimum atomic E-state index is 0.423. The lowest BCUT2D eigenvalue weighted by molar-refractivity contribution is 0.306. The second-order valence-electron chi connectivity index (χ2n) is 6.80. The number of rotatable bonds is 7. The summed E-state index contributed by atoms with van der Waals surface area (Å²) < 4.78 is 6.12. The second kappa shape index (κ2) is 9.66. The van der Waals surface area contributed by atoms with Crippen LogP contribution in [0.5, 0.6) is 5.75 Å². The molecule has 0 aliphatic rings. The van der Waals surface area contributed by atoms with Gasteiger partial charge in [0, 0.05) is 15.6 Å². The Morgan fingerprint density at radius 1 is 0.867 bits per heavy atom. The summed E-state index contributed by atoms with van der Waals surface area (Å²) in [7, 11) is 0. The fourth-order valence-corrected chi connectivity index (χ4v) is 3.62. The Bertz CT molecular complexity index is 1190. The normalized spacial score (nSPS) is 11.1. The van der Waals surface area contributed by atoms with Crippen molar-refractivity contribution >= 4 is 40.2 Å². The van der Waals surface area contributed by atoms with Crippen molar-refractivity contribution in [3.8, 4) is 5.75 Å². The maximum atomic E-state index is 6.21. The van der Waals surface area contributed by atoms with Crippen molar-refractivity contribution < 1.29 is 4.74 Å². The van der Waals surface area contributed by atoms with E-state index in [9.17, 15) is 0 Å². The average Bonchev–Trinajstić information content (AvgIpc) is 2.77. The van der Waals surface area contributed by atoms with E-state index in [4.69, 9.17) is 27.9 Å². The third-order valence-electron chi connectivity index (χ3n) is 4.73. The summed E-state index contributed by atoms with van der Waals surface area (Å²) in [6, 6.07) is 27.6. The van der Waals surface area contributed by atoms with E-state index in [0.717, 1.165) is 38.2 Å². The van der Waals surface area contributed by atoms with Crippen LogP contribution in [-0.4, -0.2) is 6.21 Å². The van der Waals surface area contributed by atoms with Gasteiger partial charge in [-0.05, 0) is 46.2 Å². The molecule has 0 saturated carbocycles. The van der Waals surface area contributed by atoms with Crippen molar-refractivity contribution in [2.75, 3.05) is 0 Å². The van der Waals surface area contributed by atoms with Crippen LogP contribution < -0.4 is 10.2 Å². The van der Waals surface area contributed by atoms with Gasteiger partial charge in [-0.2, -0.15) is 5.10 Å². The van der Waals surface area contributed by atoms with E-state index in [1.807, 2.05) is 66.7 Å². The Balaban J connectivity index is 1.56. The molecule has 4 aromatic carbocycles. The molecule has 4 aromatic rings. The van der Waals surface area contributed by atoms with Crippen LogP contribution in [-0.2, 0) is 13.2 Å². The first kappa shape index (κ1) is 20.3. The maximum Gasteiger partial charge on any atom is 0.129 e. The first-order chi connectivity index (χ1) is 14.7. The molecule has 0 fully saturated rings. The van der Waals surface area contributed by atoms with Crippen molar-refractivity contribution in [1.29, 1.82) is 0 Å². The lowest BCUT2D eigenvalue weighted by Gasteiger charge is -2.12. The fraction of sp³-hybridized carbons (Fsp3) is 0.0800. The Morgan fingerprint density at radius 2 is 1.70 bits per heavy atom. The number of halogens is 2. The summed E-state index contributed by atoms with van der Waals surface area (Å²) >= 11 is 12.3. The molecule has 0 saturated heterocycles. The van der Waals surface area contributed by atoms with E-state index >= 15 is 0 Å². The summed E-state index contributed by atoms with van der Waals surface area (Å²) in [5.74, 6) is 0.761. The SMILES string of the molecule is Clc1cccc(COc2ccc3ccccc3c2/C=N\NCc2ccccc2Cl)c1. The van der Waals surface area contributed by atoms with E-state index in [0.29, 0.717) is 18.2 Å². The Hall–Kier alpha value is -3.01. The van der Waals surface area contributed by atoms with Crippen LogP contribution in [0.2, 0.25) is 10.0 Å². The summed E-state index contributed by atoms with van der Waals surface area (Å²) in [6.45, 7) is 0.965. The van der Waals surface area contributed by atoms with Gasteiger partial charge in [0.25, 0.3) is 0 Å². The molecule has 0 aromatic heterocycles. The zero-order valence-corrected chi connectivity index (χ0v) is 17.7. The Labute approximate surface area is 185 Å². The standard InChI is InChI=1S/C25H20Cl2N2O/c26-21-9-5-6-18(14-21)17-30-25-13-12-19-7-1-3-10-22(19)23(25)16-29-28-15-20-8-2-4-11-24(20)27/h1-14,16,28H,15,17H2/b29-16-. The lowest BCUT2D eigenvalue weighted by Crippen LogP contribution is -2.07. The zero-order chi connectivity index (χ0) is 20.8. The molecule has 0 radical (unpaired) electrons. The highest BCUT2D eigenvalue weighted by molar-refractivity contribution is 6.31. The van der Waals surface area contributed by atoms with E-state index in [-0.39, 0.29) is 0 Å². The van der Waals surface area contributed by atoms with Crippen LogP contribution in [0.25, 0.3) is 10.8 Å². The molecule has 150 valence electrons. The average molecular weight is 435 g/mol. The molecule has 1 N–H and O–H groups in total. The zero-order valence-electron chi connectivity index (χ0n) is 16.2. The van der Waals surface area contributed by atoms with Crippen LogP contribution >= 0.6 is 23.2 Å². The molecule has 0 spiro atoms. The largest absolute Gasteiger partial charge is 0.488 e. The number of ether oxygens (including phenoxy) is 1. The molecule has 0 bridgehead atoms. The van der Waals surface area contributed by atoms with E-state index in [2.05, 4.69) is 28.7 Å². The van der Waals surface area contributed by atoms with Gasteiger partial charge >= 0.3 is 0 Å². The van der Waals surface area contributed by atoms with E-state index in [1.165, 1.54) is 0 Å². The van der Waals surface area contributed by atoms with Crippen molar-refractivity contribution in [3.05, 3.63) is 112 Å². The quantitative estimate of drug-likeness (QED) is 0.254. The highest BCUT2D eigenvalue weighted by atomic mass is 35.5. The molecule has 0 heterocycles. The van der Waals surface area contributed by atoms with Gasteiger partial charge in [-0.25, -0.2) is 0 Å². The molecule has 30 heavy (non-hydrogen) atoms. The van der Waals surface area contributed by atoms with Crippen molar-refractivity contribution in [3.63, 3.8) is 0 Å². The van der Waals surface area contributed by atoms with Crippen LogP contribution in [0.4, 0.5) is 0 Å². The minimum absolute atomic E-state index is 0.423. The number of benzene rings is 4. The predicted molar refractivity (Wildman–Crippen MR) is 126 cm³/mol. The summed E-state index contributed by atoms with van der Waals surface area (Å²) in [5, 5.41) is 8.03. The Kier molecular flexibility index (Phi) is 6.53. The van der Waals surface area contributed by atoms with Crippen LogP contribution in [0.15, 0.2) is 90.0 Å². The minimum Gasteiger partial charge on any atom is -0.488 e.